The molecule has 0 saturated carbocycles. The van der Waals surface area contributed by atoms with E-state index < -0.39 is 5.97 Å². The third kappa shape index (κ3) is 4.17. The van der Waals surface area contributed by atoms with Gasteiger partial charge in [-0.2, -0.15) is 0 Å². The quantitative estimate of drug-likeness (QED) is 0.784. The molecule has 0 saturated heterocycles. The van der Waals surface area contributed by atoms with E-state index in [-0.39, 0.29) is 12.3 Å². The molecule has 0 radical (unpaired) electrons. The molecule has 0 heterocycles. The number of halogens is 1. The normalized spacial score (nSPS) is 13.6. The van der Waals surface area contributed by atoms with Crippen LogP contribution in [-0.4, -0.2) is 5.97 Å². The first kappa shape index (κ1) is 11.8. The Morgan fingerprint density at radius 1 is 1.47 bits per heavy atom. The third-order valence-electron chi connectivity index (χ3n) is 2.05. The molecule has 1 aromatic rings. The summed E-state index contributed by atoms with van der Waals surface area (Å²) in [6.07, 6.45) is 1.72. The number of carbonyl (C=O) groups excluding carboxylic acids is 1. The molecule has 80 valence electrons. The van der Waals surface area contributed by atoms with Crippen molar-refractivity contribution < 1.29 is 9.90 Å². The first-order valence-corrected chi connectivity index (χ1v) is 5.09. The lowest BCUT2D eigenvalue weighted by Gasteiger charge is -2.10. The number of hydrogen-bond acceptors (Lipinski definition) is 2. The van der Waals surface area contributed by atoms with E-state index in [1.165, 1.54) is 0 Å². The van der Waals surface area contributed by atoms with Gasteiger partial charge in [0.2, 0.25) is 0 Å². The molecule has 1 aromatic carbocycles. The van der Waals surface area contributed by atoms with E-state index in [0.29, 0.717) is 5.03 Å². The lowest BCUT2D eigenvalue weighted by atomic mass is 10.1. The van der Waals surface area contributed by atoms with Crippen molar-refractivity contribution in [2.45, 2.75) is 13.3 Å². The van der Waals surface area contributed by atoms with E-state index >= 15 is 0 Å². The van der Waals surface area contributed by atoms with Crippen LogP contribution in [0.5, 0.6) is 0 Å². The molecule has 1 unspecified atom stereocenters. The van der Waals surface area contributed by atoms with Gasteiger partial charge in [0.25, 0.3) is 0 Å². The minimum absolute atomic E-state index is 0.0534. The molecule has 0 aliphatic carbocycles. The van der Waals surface area contributed by atoms with Crippen LogP contribution in [0.1, 0.15) is 18.9 Å². The minimum atomic E-state index is -1.08. The summed E-state index contributed by atoms with van der Waals surface area (Å²) in [5.74, 6) is -1.29. The second-order valence-electron chi connectivity index (χ2n) is 3.42. The maximum Gasteiger partial charge on any atom is 0.0420 e. The van der Waals surface area contributed by atoms with Gasteiger partial charge < -0.3 is 9.90 Å². The fourth-order valence-corrected chi connectivity index (χ4v) is 1.40. The van der Waals surface area contributed by atoms with E-state index in [0.717, 1.165) is 5.56 Å². The molecule has 0 bridgehead atoms. The molecule has 0 N–H and O–H groups in total. The topological polar surface area (TPSA) is 40.1 Å². The Labute approximate surface area is 94.2 Å². The Kier molecular flexibility index (Phi) is 4.37. The summed E-state index contributed by atoms with van der Waals surface area (Å²) in [7, 11) is 0. The highest BCUT2D eigenvalue weighted by atomic mass is 35.5. The highest BCUT2D eigenvalue weighted by molar-refractivity contribution is 6.31. The van der Waals surface area contributed by atoms with Crippen molar-refractivity contribution >= 4 is 23.6 Å². The predicted molar refractivity (Wildman–Crippen MR) is 59.1 cm³/mol. The van der Waals surface area contributed by atoms with Crippen LogP contribution in [0.2, 0.25) is 0 Å². The van der Waals surface area contributed by atoms with Crippen molar-refractivity contribution in [3.63, 3.8) is 0 Å². The minimum Gasteiger partial charge on any atom is -0.550 e. The highest BCUT2D eigenvalue weighted by Gasteiger charge is 2.06. The zero-order valence-corrected chi connectivity index (χ0v) is 9.20. The molecule has 0 aliphatic rings. The van der Waals surface area contributed by atoms with Crippen LogP contribution >= 0.6 is 11.6 Å². The summed E-state index contributed by atoms with van der Waals surface area (Å²) in [5.41, 5.74) is 0.965. The van der Waals surface area contributed by atoms with Crippen molar-refractivity contribution in [1.82, 2.24) is 0 Å². The van der Waals surface area contributed by atoms with Crippen LogP contribution in [-0.2, 0) is 4.79 Å². The number of carboxylic acids is 1. The number of benzene rings is 1. The average molecular weight is 224 g/mol. The van der Waals surface area contributed by atoms with Crippen molar-refractivity contribution in [3.8, 4) is 0 Å². The van der Waals surface area contributed by atoms with E-state index in [1.807, 2.05) is 30.3 Å². The van der Waals surface area contributed by atoms with E-state index in [2.05, 4.69) is 0 Å². The molecular weight excluding hydrogens is 212 g/mol. The first-order chi connectivity index (χ1) is 7.09. The molecule has 0 aromatic heterocycles. The third-order valence-corrected chi connectivity index (χ3v) is 2.53. The lowest BCUT2D eigenvalue weighted by Crippen LogP contribution is -2.24. The molecule has 0 aliphatic heterocycles. The van der Waals surface area contributed by atoms with Gasteiger partial charge in [-0.05, 0) is 24.0 Å². The SMILES string of the molecule is CC(CC(=O)[O-])/C(Cl)=C/c1ccccc1. The Morgan fingerprint density at radius 2 is 2.07 bits per heavy atom. The average Bonchev–Trinajstić information content (AvgIpc) is 2.18. The van der Waals surface area contributed by atoms with Crippen molar-refractivity contribution in [2.75, 3.05) is 0 Å². The van der Waals surface area contributed by atoms with Gasteiger partial charge in [-0.15, -0.1) is 0 Å². The zero-order chi connectivity index (χ0) is 11.3. The molecule has 1 rings (SSSR count). The molecule has 3 heteroatoms. The second-order valence-corrected chi connectivity index (χ2v) is 3.85. The van der Waals surface area contributed by atoms with Gasteiger partial charge in [0.1, 0.15) is 0 Å². The van der Waals surface area contributed by atoms with E-state index in [9.17, 15) is 9.90 Å². The molecule has 1 atom stereocenters. The van der Waals surface area contributed by atoms with Gasteiger partial charge in [0, 0.05) is 11.0 Å². The molecule has 2 nitrogen and oxygen atoms in total. The van der Waals surface area contributed by atoms with Crippen LogP contribution in [0.25, 0.3) is 6.08 Å². The Bertz CT molecular complexity index is 357. The number of aliphatic carboxylic acids is 1. The standard InChI is InChI=1S/C12H13ClO2/c1-9(7-12(14)15)11(13)8-10-5-3-2-4-6-10/h2-6,8-9H,7H2,1H3,(H,14,15)/p-1/b11-8-. The Morgan fingerprint density at radius 3 is 2.60 bits per heavy atom. The Hall–Kier alpha value is -1.28. The van der Waals surface area contributed by atoms with Gasteiger partial charge in [-0.3, -0.25) is 0 Å². The van der Waals surface area contributed by atoms with Crippen LogP contribution in [0.4, 0.5) is 0 Å². The molecular formula is C12H12ClO2-. The van der Waals surface area contributed by atoms with Crippen molar-refractivity contribution in [1.29, 1.82) is 0 Å². The number of rotatable bonds is 4. The molecule has 0 amide bonds. The number of hydrogen-bond donors (Lipinski definition) is 0. The van der Waals surface area contributed by atoms with Gasteiger partial charge in [0.05, 0.1) is 0 Å². The van der Waals surface area contributed by atoms with Crippen LogP contribution in [0, 0.1) is 5.92 Å². The van der Waals surface area contributed by atoms with E-state index in [1.54, 1.807) is 13.0 Å². The van der Waals surface area contributed by atoms with E-state index in [4.69, 9.17) is 11.6 Å². The van der Waals surface area contributed by atoms with Crippen molar-refractivity contribution in [2.24, 2.45) is 5.92 Å². The predicted octanol–water partition coefficient (Wildman–Crippen LogP) is 2.04. The second kappa shape index (κ2) is 5.56. The fraction of sp³-hybridized carbons (Fsp3) is 0.250. The van der Waals surface area contributed by atoms with Gasteiger partial charge in [-0.25, -0.2) is 0 Å². The maximum atomic E-state index is 10.4. The molecule has 15 heavy (non-hydrogen) atoms. The van der Waals surface area contributed by atoms with Gasteiger partial charge >= 0.3 is 0 Å². The van der Waals surface area contributed by atoms with Crippen LogP contribution in [0.15, 0.2) is 35.4 Å². The monoisotopic (exact) mass is 223 g/mol. The number of carboxylic acid groups (broad SMARTS) is 1. The largest absolute Gasteiger partial charge is 0.550 e. The van der Waals surface area contributed by atoms with Crippen LogP contribution in [0.3, 0.4) is 0 Å². The first-order valence-electron chi connectivity index (χ1n) is 4.71. The summed E-state index contributed by atoms with van der Waals surface area (Å²) >= 11 is 5.98. The van der Waals surface area contributed by atoms with Crippen LogP contribution < -0.4 is 5.11 Å². The molecule has 0 fully saturated rings. The summed E-state index contributed by atoms with van der Waals surface area (Å²) in [4.78, 5) is 10.4. The maximum absolute atomic E-state index is 10.4. The fourth-order valence-electron chi connectivity index (χ4n) is 1.20. The number of allylic oxidation sites excluding steroid dienone is 1. The molecule has 0 spiro atoms. The summed E-state index contributed by atoms with van der Waals surface area (Å²) in [6, 6.07) is 9.54. The summed E-state index contributed by atoms with van der Waals surface area (Å²) in [6.45, 7) is 1.76. The Balaban J connectivity index is 2.71. The smallest absolute Gasteiger partial charge is 0.0420 e. The van der Waals surface area contributed by atoms with Gasteiger partial charge in [-0.1, -0.05) is 48.9 Å². The summed E-state index contributed by atoms with van der Waals surface area (Å²) < 4.78 is 0. The number of carbonyl (C=O) groups is 1. The highest BCUT2D eigenvalue weighted by Crippen LogP contribution is 2.21. The van der Waals surface area contributed by atoms with Gasteiger partial charge in [0.15, 0.2) is 0 Å². The van der Waals surface area contributed by atoms with Crippen molar-refractivity contribution in [3.05, 3.63) is 40.9 Å². The summed E-state index contributed by atoms with van der Waals surface area (Å²) in [5, 5.41) is 10.9. The zero-order valence-electron chi connectivity index (χ0n) is 8.44. The lowest BCUT2D eigenvalue weighted by molar-refractivity contribution is -0.306.